The fourth-order valence-corrected chi connectivity index (χ4v) is 2.99. The van der Waals surface area contributed by atoms with Gasteiger partial charge in [-0.1, -0.05) is 6.07 Å². The molecule has 6 nitrogen and oxygen atoms in total. The molecule has 26 heavy (non-hydrogen) atoms. The van der Waals surface area contributed by atoms with Crippen LogP contribution in [0.4, 0.5) is 0 Å². The quantitative estimate of drug-likeness (QED) is 0.824. The Labute approximate surface area is 154 Å². The average molecular weight is 358 g/mol. The SMILES string of the molecule is Cc1ccc(OCC(=O)NCC(c2ccco2)N2CCOCC2)cc1C. The zero-order valence-corrected chi connectivity index (χ0v) is 15.4. The number of aryl methyl sites for hydroxylation is 2. The van der Waals surface area contributed by atoms with Crippen molar-refractivity contribution in [3.8, 4) is 5.75 Å². The zero-order valence-electron chi connectivity index (χ0n) is 15.4. The van der Waals surface area contributed by atoms with E-state index in [4.69, 9.17) is 13.9 Å². The largest absolute Gasteiger partial charge is 0.484 e. The molecule has 0 bridgehead atoms. The Hall–Kier alpha value is -2.31. The number of rotatable bonds is 7. The maximum atomic E-state index is 12.2. The molecule has 0 aliphatic carbocycles. The predicted molar refractivity (Wildman–Crippen MR) is 98.3 cm³/mol. The lowest BCUT2D eigenvalue weighted by atomic mass is 10.1. The predicted octanol–water partition coefficient (Wildman–Crippen LogP) is 2.46. The highest BCUT2D eigenvalue weighted by atomic mass is 16.5. The molecule has 0 saturated carbocycles. The van der Waals surface area contributed by atoms with Gasteiger partial charge in [-0.15, -0.1) is 0 Å². The van der Waals surface area contributed by atoms with Crippen LogP contribution in [-0.4, -0.2) is 50.3 Å². The summed E-state index contributed by atoms with van der Waals surface area (Å²) in [5, 5.41) is 2.96. The first-order chi connectivity index (χ1) is 12.6. The average Bonchev–Trinajstić information content (AvgIpc) is 3.18. The number of carbonyl (C=O) groups excluding carboxylic acids is 1. The van der Waals surface area contributed by atoms with Crippen molar-refractivity contribution in [2.45, 2.75) is 19.9 Å². The first-order valence-corrected chi connectivity index (χ1v) is 8.95. The molecule has 1 aliphatic rings. The van der Waals surface area contributed by atoms with E-state index in [1.165, 1.54) is 5.56 Å². The summed E-state index contributed by atoms with van der Waals surface area (Å²) in [7, 11) is 0. The standard InChI is InChI=1S/C20H26N2O4/c1-15-5-6-17(12-16(15)2)26-14-20(23)21-13-18(19-4-3-9-25-19)22-7-10-24-11-8-22/h3-6,9,12,18H,7-8,10-11,13-14H2,1-2H3,(H,21,23). The van der Waals surface area contributed by atoms with Crippen LogP contribution in [0.3, 0.4) is 0 Å². The number of ether oxygens (including phenoxy) is 2. The molecule has 1 saturated heterocycles. The Bertz CT molecular complexity index is 709. The van der Waals surface area contributed by atoms with Gasteiger partial charge in [-0.3, -0.25) is 9.69 Å². The van der Waals surface area contributed by atoms with E-state index in [2.05, 4.69) is 10.2 Å². The highest BCUT2D eigenvalue weighted by Gasteiger charge is 2.25. The summed E-state index contributed by atoms with van der Waals surface area (Å²) < 4.78 is 16.6. The van der Waals surface area contributed by atoms with Gasteiger partial charge in [0.25, 0.3) is 5.91 Å². The van der Waals surface area contributed by atoms with E-state index in [1.807, 2.05) is 44.2 Å². The van der Waals surface area contributed by atoms with Gasteiger partial charge in [-0.05, 0) is 49.2 Å². The molecule has 2 aromatic rings. The molecule has 0 radical (unpaired) electrons. The number of furan rings is 1. The van der Waals surface area contributed by atoms with Crippen molar-refractivity contribution in [3.05, 3.63) is 53.5 Å². The molecule has 1 amide bonds. The second-order valence-corrected chi connectivity index (χ2v) is 6.52. The second-order valence-electron chi connectivity index (χ2n) is 6.52. The van der Waals surface area contributed by atoms with Crippen LogP contribution in [0.5, 0.6) is 5.75 Å². The molecule has 0 spiro atoms. The minimum absolute atomic E-state index is 0.000491. The molecule has 1 aromatic heterocycles. The van der Waals surface area contributed by atoms with Gasteiger partial charge in [0.1, 0.15) is 11.5 Å². The van der Waals surface area contributed by atoms with E-state index >= 15 is 0 Å². The fourth-order valence-electron chi connectivity index (χ4n) is 2.99. The Balaban J connectivity index is 1.52. The van der Waals surface area contributed by atoms with Gasteiger partial charge in [-0.25, -0.2) is 0 Å². The molecule has 2 heterocycles. The first kappa shape index (κ1) is 18.5. The summed E-state index contributed by atoms with van der Waals surface area (Å²) in [6.07, 6.45) is 1.66. The van der Waals surface area contributed by atoms with Crippen LogP contribution in [0.15, 0.2) is 41.0 Å². The molecule has 140 valence electrons. The molecular formula is C20H26N2O4. The van der Waals surface area contributed by atoms with E-state index in [0.717, 1.165) is 24.4 Å². The minimum Gasteiger partial charge on any atom is -0.484 e. The fraction of sp³-hybridized carbons (Fsp3) is 0.450. The summed E-state index contributed by atoms with van der Waals surface area (Å²) >= 11 is 0. The third-order valence-corrected chi connectivity index (χ3v) is 4.70. The van der Waals surface area contributed by atoms with Crippen molar-refractivity contribution >= 4 is 5.91 Å². The van der Waals surface area contributed by atoms with E-state index in [0.29, 0.717) is 25.5 Å². The van der Waals surface area contributed by atoms with Crippen LogP contribution in [0.1, 0.15) is 22.9 Å². The van der Waals surface area contributed by atoms with Crippen LogP contribution >= 0.6 is 0 Å². The molecule has 1 aliphatic heterocycles. The normalized spacial score (nSPS) is 16.2. The van der Waals surface area contributed by atoms with Crippen LogP contribution in [0.25, 0.3) is 0 Å². The van der Waals surface area contributed by atoms with E-state index < -0.39 is 0 Å². The number of carbonyl (C=O) groups is 1. The van der Waals surface area contributed by atoms with Crippen molar-refractivity contribution in [2.75, 3.05) is 39.5 Å². The van der Waals surface area contributed by atoms with Crippen molar-refractivity contribution < 1.29 is 18.7 Å². The smallest absolute Gasteiger partial charge is 0.258 e. The Morgan fingerprint density at radius 2 is 2.04 bits per heavy atom. The second kappa shape index (κ2) is 8.87. The molecule has 1 aromatic carbocycles. The summed E-state index contributed by atoms with van der Waals surface area (Å²) in [6.45, 7) is 7.58. The number of morpholine rings is 1. The zero-order chi connectivity index (χ0) is 18.4. The Morgan fingerprint density at radius 1 is 1.23 bits per heavy atom. The lowest BCUT2D eigenvalue weighted by molar-refractivity contribution is -0.123. The van der Waals surface area contributed by atoms with Gasteiger partial charge < -0.3 is 19.2 Å². The molecule has 6 heteroatoms. The monoisotopic (exact) mass is 358 g/mol. The highest BCUT2D eigenvalue weighted by molar-refractivity contribution is 5.77. The van der Waals surface area contributed by atoms with Crippen molar-refractivity contribution in [3.63, 3.8) is 0 Å². The molecule has 1 unspecified atom stereocenters. The number of nitrogens with one attached hydrogen (secondary N) is 1. The molecule has 1 fully saturated rings. The molecular weight excluding hydrogens is 332 g/mol. The summed E-state index contributed by atoms with van der Waals surface area (Å²) in [6, 6.07) is 9.63. The van der Waals surface area contributed by atoms with E-state index in [-0.39, 0.29) is 18.6 Å². The number of hydrogen-bond donors (Lipinski definition) is 1. The van der Waals surface area contributed by atoms with E-state index in [9.17, 15) is 4.79 Å². The first-order valence-electron chi connectivity index (χ1n) is 8.95. The third-order valence-electron chi connectivity index (χ3n) is 4.70. The highest BCUT2D eigenvalue weighted by Crippen LogP contribution is 2.21. The molecule has 3 rings (SSSR count). The maximum Gasteiger partial charge on any atom is 0.258 e. The summed E-state index contributed by atoms with van der Waals surface area (Å²) in [5.74, 6) is 1.41. The number of amides is 1. The third kappa shape index (κ3) is 4.86. The van der Waals surface area contributed by atoms with Crippen LogP contribution in [0, 0.1) is 13.8 Å². The number of benzene rings is 1. The van der Waals surface area contributed by atoms with Gasteiger partial charge in [-0.2, -0.15) is 0 Å². The Morgan fingerprint density at radius 3 is 2.73 bits per heavy atom. The molecule has 1 N–H and O–H groups in total. The van der Waals surface area contributed by atoms with Crippen molar-refractivity contribution in [2.24, 2.45) is 0 Å². The van der Waals surface area contributed by atoms with Crippen molar-refractivity contribution in [1.29, 1.82) is 0 Å². The van der Waals surface area contributed by atoms with Gasteiger partial charge in [0.2, 0.25) is 0 Å². The molecule has 1 atom stereocenters. The maximum absolute atomic E-state index is 12.2. The van der Waals surface area contributed by atoms with Crippen LogP contribution < -0.4 is 10.1 Å². The summed E-state index contributed by atoms with van der Waals surface area (Å²) in [5.41, 5.74) is 2.35. The van der Waals surface area contributed by atoms with Crippen molar-refractivity contribution in [1.82, 2.24) is 10.2 Å². The number of nitrogens with zero attached hydrogens (tertiary/aromatic N) is 1. The van der Waals surface area contributed by atoms with Crippen LogP contribution in [-0.2, 0) is 9.53 Å². The lowest BCUT2D eigenvalue weighted by Crippen LogP contribution is -2.44. The Kier molecular flexibility index (Phi) is 6.30. The minimum atomic E-state index is -0.145. The lowest BCUT2D eigenvalue weighted by Gasteiger charge is -2.33. The van der Waals surface area contributed by atoms with Gasteiger partial charge in [0.05, 0.1) is 25.5 Å². The topological polar surface area (TPSA) is 63.9 Å². The van der Waals surface area contributed by atoms with Gasteiger partial charge in [0.15, 0.2) is 6.61 Å². The van der Waals surface area contributed by atoms with Gasteiger partial charge >= 0.3 is 0 Å². The van der Waals surface area contributed by atoms with Gasteiger partial charge in [0, 0.05) is 19.6 Å². The summed E-state index contributed by atoms with van der Waals surface area (Å²) in [4.78, 5) is 14.5. The van der Waals surface area contributed by atoms with Crippen LogP contribution in [0.2, 0.25) is 0 Å². The van der Waals surface area contributed by atoms with E-state index in [1.54, 1.807) is 6.26 Å². The number of hydrogen-bond acceptors (Lipinski definition) is 5.